The largest absolute Gasteiger partial charge is 0.390 e. The lowest BCUT2D eigenvalue weighted by molar-refractivity contribution is -0.170. The Balaban J connectivity index is 1.54. The Morgan fingerprint density at radius 1 is 1.31 bits per heavy atom. The quantitative estimate of drug-likeness (QED) is 0.841. The van der Waals surface area contributed by atoms with Gasteiger partial charge in [0.25, 0.3) is 5.91 Å². The molecule has 0 radical (unpaired) electrons. The lowest BCUT2D eigenvalue weighted by Crippen LogP contribution is -2.54. The minimum Gasteiger partial charge on any atom is -0.390 e. The van der Waals surface area contributed by atoms with Gasteiger partial charge in [-0.25, -0.2) is 9.97 Å². The van der Waals surface area contributed by atoms with Gasteiger partial charge in [0.05, 0.1) is 23.4 Å². The third-order valence-electron chi connectivity index (χ3n) is 5.93. The van der Waals surface area contributed by atoms with E-state index in [9.17, 15) is 9.90 Å². The van der Waals surface area contributed by atoms with Crippen molar-refractivity contribution < 1.29 is 14.6 Å². The van der Waals surface area contributed by atoms with Crippen LogP contribution >= 0.6 is 0 Å². The Morgan fingerprint density at radius 2 is 2.04 bits per heavy atom. The molecule has 7 nitrogen and oxygen atoms in total. The second-order valence-corrected chi connectivity index (χ2v) is 8.00. The lowest BCUT2D eigenvalue weighted by atomic mass is 9.78. The summed E-state index contributed by atoms with van der Waals surface area (Å²) in [5.41, 5.74) is 1.02. The van der Waals surface area contributed by atoms with Gasteiger partial charge in [-0.05, 0) is 39.2 Å². The number of piperidine rings is 1. The van der Waals surface area contributed by atoms with E-state index in [0.29, 0.717) is 43.6 Å². The van der Waals surface area contributed by atoms with Crippen molar-refractivity contribution in [2.24, 2.45) is 7.05 Å². The molecule has 26 heavy (non-hydrogen) atoms. The summed E-state index contributed by atoms with van der Waals surface area (Å²) in [6.07, 6.45) is 4.49. The van der Waals surface area contributed by atoms with Crippen molar-refractivity contribution in [3.05, 3.63) is 23.7 Å². The molecule has 0 aliphatic carbocycles. The first kappa shape index (κ1) is 17.4. The first-order valence-electron chi connectivity index (χ1n) is 9.24. The van der Waals surface area contributed by atoms with Crippen LogP contribution in [0.4, 0.5) is 0 Å². The van der Waals surface area contributed by atoms with Crippen LogP contribution in [0.15, 0.2) is 12.3 Å². The van der Waals surface area contributed by atoms with Gasteiger partial charge in [0.15, 0.2) is 5.65 Å². The van der Waals surface area contributed by atoms with Gasteiger partial charge in [0, 0.05) is 32.8 Å². The monoisotopic (exact) mass is 358 g/mol. The highest BCUT2D eigenvalue weighted by molar-refractivity contribution is 6.04. The highest BCUT2D eigenvalue weighted by Crippen LogP contribution is 2.39. The fourth-order valence-electron chi connectivity index (χ4n) is 4.29. The normalized spacial score (nSPS) is 25.8. The van der Waals surface area contributed by atoms with E-state index >= 15 is 0 Å². The van der Waals surface area contributed by atoms with E-state index in [1.165, 1.54) is 0 Å². The zero-order valence-corrected chi connectivity index (χ0v) is 15.7. The summed E-state index contributed by atoms with van der Waals surface area (Å²) in [6, 6.07) is 1.75. The molecular formula is C19H26N4O3. The van der Waals surface area contributed by atoms with Gasteiger partial charge >= 0.3 is 0 Å². The summed E-state index contributed by atoms with van der Waals surface area (Å²) in [7, 11) is 1.91. The van der Waals surface area contributed by atoms with Crippen LogP contribution in [0.2, 0.25) is 0 Å². The van der Waals surface area contributed by atoms with E-state index in [1.807, 2.05) is 30.4 Å². The number of carbonyl (C=O) groups is 1. The molecule has 2 aromatic rings. The number of carbonyl (C=O) groups excluding carboxylic acids is 1. The second-order valence-electron chi connectivity index (χ2n) is 8.00. The number of hydrogen-bond acceptors (Lipinski definition) is 5. The van der Waals surface area contributed by atoms with Crippen molar-refractivity contribution in [2.45, 2.75) is 50.7 Å². The molecule has 1 N–H and O–H groups in total. The van der Waals surface area contributed by atoms with Crippen molar-refractivity contribution in [1.82, 2.24) is 19.4 Å². The number of ether oxygens (including phenoxy) is 1. The summed E-state index contributed by atoms with van der Waals surface area (Å²) in [5, 5.41) is 10.4. The molecule has 0 aromatic carbocycles. The molecule has 4 rings (SSSR count). The smallest absolute Gasteiger partial charge is 0.256 e. The van der Waals surface area contributed by atoms with Crippen molar-refractivity contribution in [2.75, 3.05) is 19.7 Å². The molecule has 4 heterocycles. The van der Waals surface area contributed by atoms with E-state index in [4.69, 9.17) is 4.74 Å². The molecule has 0 bridgehead atoms. The molecule has 1 unspecified atom stereocenters. The number of nitrogens with zero attached hydrogens (tertiary/aromatic N) is 4. The van der Waals surface area contributed by atoms with E-state index in [2.05, 4.69) is 9.97 Å². The number of aromatic nitrogens is 3. The highest BCUT2D eigenvalue weighted by Gasteiger charge is 2.45. The molecular weight excluding hydrogens is 332 g/mol. The van der Waals surface area contributed by atoms with Crippen molar-refractivity contribution >= 4 is 17.1 Å². The Morgan fingerprint density at radius 3 is 2.73 bits per heavy atom. The maximum atomic E-state index is 13.1. The lowest BCUT2D eigenvalue weighted by Gasteiger charge is -2.48. The zero-order chi connectivity index (χ0) is 18.5. The average Bonchev–Trinajstić information content (AvgIpc) is 2.89. The molecule has 0 saturated carbocycles. The molecule has 2 aliphatic heterocycles. The fourth-order valence-corrected chi connectivity index (χ4v) is 4.29. The molecule has 2 aromatic heterocycles. The molecule has 1 amide bonds. The van der Waals surface area contributed by atoms with E-state index in [-0.39, 0.29) is 11.5 Å². The minimum atomic E-state index is -0.673. The number of aryl methyl sites for hydroxylation is 2. The summed E-state index contributed by atoms with van der Waals surface area (Å²) < 4.78 is 7.94. The fraction of sp³-hybridized carbons (Fsp3) is 0.632. The summed E-state index contributed by atoms with van der Waals surface area (Å²) in [5.74, 6) is 0.830. The van der Waals surface area contributed by atoms with Crippen molar-refractivity contribution in [1.29, 1.82) is 0 Å². The van der Waals surface area contributed by atoms with Crippen LogP contribution in [0.3, 0.4) is 0 Å². The third kappa shape index (κ3) is 2.89. The van der Waals surface area contributed by atoms with Gasteiger partial charge in [0.1, 0.15) is 11.3 Å². The third-order valence-corrected chi connectivity index (χ3v) is 5.93. The molecule has 7 heteroatoms. The standard InChI is InChI=1S/C19H26N4O3/c1-13-21-15-14(4-8-20-16(15)22(13)3)17(24)23-9-5-19(6-10-23)12-18(2,25)7-11-26-19/h4,8,25H,5-7,9-12H2,1-3H3. The van der Waals surface area contributed by atoms with Gasteiger partial charge in [0.2, 0.25) is 0 Å². The molecule has 1 atom stereocenters. The molecule has 2 fully saturated rings. The van der Waals surface area contributed by atoms with Gasteiger partial charge in [-0.15, -0.1) is 0 Å². The zero-order valence-electron chi connectivity index (χ0n) is 15.7. The topological polar surface area (TPSA) is 80.5 Å². The maximum Gasteiger partial charge on any atom is 0.256 e. The number of hydrogen-bond donors (Lipinski definition) is 1. The average molecular weight is 358 g/mol. The number of amides is 1. The number of imidazole rings is 1. The van der Waals surface area contributed by atoms with Crippen LogP contribution in [0.5, 0.6) is 0 Å². The predicted molar refractivity (Wildman–Crippen MR) is 96.9 cm³/mol. The van der Waals surface area contributed by atoms with E-state index in [1.54, 1.807) is 12.3 Å². The predicted octanol–water partition coefficient (Wildman–Crippen LogP) is 1.81. The van der Waals surface area contributed by atoms with Crippen LogP contribution in [0, 0.1) is 6.92 Å². The summed E-state index contributed by atoms with van der Waals surface area (Å²) in [6.45, 7) is 5.63. The van der Waals surface area contributed by atoms with Gasteiger partial charge < -0.3 is 19.3 Å². The first-order valence-corrected chi connectivity index (χ1v) is 9.24. The minimum absolute atomic E-state index is 0.00656. The Labute approximate surface area is 153 Å². The molecule has 2 saturated heterocycles. The molecule has 140 valence electrons. The molecule has 1 spiro atoms. The van der Waals surface area contributed by atoms with Crippen LogP contribution in [-0.2, 0) is 11.8 Å². The van der Waals surface area contributed by atoms with Gasteiger partial charge in [-0.3, -0.25) is 4.79 Å². The van der Waals surface area contributed by atoms with Crippen LogP contribution in [0.25, 0.3) is 11.2 Å². The highest BCUT2D eigenvalue weighted by atomic mass is 16.5. The van der Waals surface area contributed by atoms with Gasteiger partial charge in [-0.1, -0.05) is 0 Å². The summed E-state index contributed by atoms with van der Waals surface area (Å²) >= 11 is 0. The Hall–Kier alpha value is -1.99. The Kier molecular flexibility index (Phi) is 4.04. The SMILES string of the molecule is Cc1nc2c(C(=O)N3CCC4(CC3)CC(C)(O)CCO4)ccnc2n1C. The first-order chi connectivity index (χ1) is 12.3. The van der Waals surface area contributed by atoms with Crippen molar-refractivity contribution in [3.63, 3.8) is 0 Å². The van der Waals surface area contributed by atoms with Crippen LogP contribution in [-0.4, -0.2) is 61.3 Å². The number of pyridine rings is 1. The number of aliphatic hydroxyl groups is 1. The summed E-state index contributed by atoms with van der Waals surface area (Å²) in [4.78, 5) is 23.8. The number of likely N-dealkylation sites (tertiary alicyclic amines) is 1. The maximum absolute atomic E-state index is 13.1. The van der Waals surface area contributed by atoms with Crippen LogP contribution in [0.1, 0.15) is 48.8 Å². The number of rotatable bonds is 1. The van der Waals surface area contributed by atoms with Crippen molar-refractivity contribution in [3.8, 4) is 0 Å². The Bertz CT molecular complexity index is 850. The van der Waals surface area contributed by atoms with E-state index in [0.717, 1.165) is 24.3 Å². The second kappa shape index (κ2) is 6.03. The van der Waals surface area contributed by atoms with Gasteiger partial charge in [-0.2, -0.15) is 0 Å². The molecule has 2 aliphatic rings. The van der Waals surface area contributed by atoms with E-state index < -0.39 is 5.60 Å². The van der Waals surface area contributed by atoms with Crippen LogP contribution < -0.4 is 0 Å². The number of fused-ring (bicyclic) bond motifs is 1.